The zero-order chi connectivity index (χ0) is 8.97. The topological polar surface area (TPSA) is 46.2 Å². The normalized spacial score (nSPS) is 29.4. The molecule has 1 fully saturated rings. The lowest BCUT2D eigenvalue weighted by Crippen LogP contribution is -2.36. The zero-order valence-corrected chi connectivity index (χ0v) is 7.38. The highest BCUT2D eigenvalue weighted by Gasteiger charge is 2.20. The molecule has 0 saturated heterocycles. The first-order chi connectivity index (χ1) is 5.72. The molecule has 0 bridgehead atoms. The molecule has 3 heteroatoms. The van der Waals surface area contributed by atoms with E-state index in [0.717, 1.165) is 32.0 Å². The van der Waals surface area contributed by atoms with Crippen molar-refractivity contribution < 1.29 is 9.59 Å². The molecule has 0 heterocycles. The van der Waals surface area contributed by atoms with Crippen LogP contribution in [0.4, 0.5) is 0 Å². The second-order valence-corrected chi connectivity index (χ2v) is 3.45. The fourth-order valence-corrected chi connectivity index (χ4v) is 1.69. The van der Waals surface area contributed by atoms with Crippen LogP contribution in [0.15, 0.2) is 0 Å². The largest absolute Gasteiger partial charge is 0.354 e. The van der Waals surface area contributed by atoms with Crippen molar-refractivity contribution in [2.75, 3.05) is 0 Å². The van der Waals surface area contributed by atoms with Crippen LogP contribution in [0, 0.1) is 5.92 Å². The van der Waals surface area contributed by atoms with E-state index in [2.05, 4.69) is 5.32 Å². The first kappa shape index (κ1) is 9.23. The Labute approximate surface area is 72.5 Å². The lowest BCUT2D eigenvalue weighted by atomic mass is 9.87. The van der Waals surface area contributed by atoms with Gasteiger partial charge in [-0.15, -0.1) is 0 Å². The summed E-state index contributed by atoms with van der Waals surface area (Å²) >= 11 is 0. The molecule has 1 saturated carbocycles. The summed E-state index contributed by atoms with van der Waals surface area (Å²) in [5.74, 6) is 0.263. The van der Waals surface area contributed by atoms with Gasteiger partial charge in [-0.05, 0) is 25.7 Å². The van der Waals surface area contributed by atoms with Crippen LogP contribution in [0.25, 0.3) is 0 Å². The molecule has 0 atom stereocenters. The molecule has 0 unspecified atom stereocenters. The molecule has 0 spiro atoms. The van der Waals surface area contributed by atoms with Gasteiger partial charge in [0.1, 0.15) is 6.29 Å². The molecule has 0 aromatic carbocycles. The minimum absolute atomic E-state index is 0.0320. The maximum Gasteiger partial charge on any atom is 0.217 e. The Morgan fingerprint density at radius 2 is 1.92 bits per heavy atom. The van der Waals surface area contributed by atoms with Crippen molar-refractivity contribution in [2.24, 2.45) is 5.92 Å². The smallest absolute Gasteiger partial charge is 0.217 e. The van der Waals surface area contributed by atoms with Crippen molar-refractivity contribution in [3.63, 3.8) is 0 Å². The maximum atomic E-state index is 10.7. The molecule has 1 aliphatic carbocycles. The van der Waals surface area contributed by atoms with Gasteiger partial charge in [-0.1, -0.05) is 0 Å². The van der Waals surface area contributed by atoms with Crippen molar-refractivity contribution in [1.29, 1.82) is 0 Å². The second kappa shape index (κ2) is 4.24. The molecule has 1 amide bonds. The number of carbonyl (C=O) groups excluding carboxylic acids is 2. The molecule has 68 valence electrons. The van der Waals surface area contributed by atoms with Crippen LogP contribution in [0.2, 0.25) is 0 Å². The molecule has 1 rings (SSSR count). The summed E-state index contributed by atoms with van der Waals surface area (Å²) in [6, 6.07) is 0.304. The molecule has 12 heavy (non-hydrogen) atoms. The van der Waals surface area contributed by atoms with Gasteiger partial charge in [0.25, 0.3) is 0 Å². The van der Waals surface area contributed by atoms with Gasteiger partial charge < -0.3 is 10.1 Å². The number of amides is 1. The average molecular weight is 169 g/mol. The molecule has 0 aliphatic heterocycles. The summed E-state index contributed by atoms with van der Waals surface area (Å²) in [7, 11) is 0. The third kappa shape index (κ3) is 2.64. The molecule has 1 N–H and O–H groups in total. The first-order valence-electron chi connectivity index (χ1n) is 4.44. The van der Waals surface area contributed by atoms with Crippen LogP contribution >= 0.6 is 0 Å². The van der Waals surface area contributed by atoms with Crippen molar-refractivity contribution in [2.45, 2.75) is 38.6 Å². The van der Waals surface area contributed by atoms with E-state index in [0.29, 0.717) is 6.04 Å². The average Bonchev–Trinajstić information content (AvgIpc) is 2.05. The third-order valence-electron chi connectivity index (χ3n) is 2.37. The molecular weight excluding hydrogens is 154 g/mol. The summed E-state index contributed by atoms with van der Waals surface area (Å²) in [4.78, 5) is 21.1. The van der Waals surface area contributed by atoms with Crippen molar-refractivity contribution in [3.05, 3.63) is 0 Å². The summed E-state index contributed by atoms with van der Waals surface area (Å²) in [5, 5.41) is 2.87. The van der Waals surface area contributed by atoms with Gasteiger partial charge in [-0.25, -0.2) is 0 Å². The lowest BCUT2D eigenvalue weighted by molar-refractivity contribution is -0.119. The standard InChI is InChI=1S/C9H15NO2/c1-7(12)10-9-4-2-8(6-11)3-5-9/h6,8-9H,2-5H2,1H3,(H,10,12). The fourth-order valence-electron chi connectivity index (χ4n) is 1.69. The molecule has 1 aliphatic rings. The van der Waals surface area contributed by atoms with Gasteiger partial charge in [0.05, 0.1) is 0 Å². The Morgan fingerprint density at radius 1 is 1.33 bits per heavy atom. The monoisotopic (exact) mass is 169 g/mol. The molecule has 0 aromatic rings. The minimum Gasteiger partial charge on any atom is -0.354 e. The third-order valence-corrected chi connectivity index (χ3v) is 2.37. The number of rotatable bonds is 2. The van der Waals surface area contributed by atoms with Gasteiger partial charge in [0.2, 0.25) is 5.91 Å². The highest BCUT2D eigenvalue weighted by atomic mass is 16.1. The van der Waals surface area contributed by atoms with Gasteiger partial charge in [0.15, 0.2) is 0 Å². The summed E-state index contributed by atoms with van der Waals surface area (Å²) in [6.07, 6.45) is 4.78. The number of nitrogens with one attached hydrogen (secondary N) is 1. The van der Waals surface area contributed by atoms with Crippen molar-refractivity contribution >= 4 is 12.2 Å². The Balaban J connectivity index is 2.26. The minimum atomic E-state index is 0.0320. The fraction of sp³-hybridized carbons (Fsp3) is 0.778. The van der Waals surface area contributed by atoms with E-state index in [4.69, 9.17) is 0 Å². The predicted molar refractivity (Wildman–Crippen MR) is 45.6 cm³/mol. The Morgan fingerprint density at radius 3 is 2.33 bits per heavy atom. The van der Waals surface area contributed by atoms with E-state index in [-0.39, 0.29) is 11.8 Å². The number of hydrogen-bond acceptors (Lipinski definition) is 2. The van der Waals surface area contributed by atoms with Crippen LogP contribution in [0.3, 0.4) is 0 Å². The van der Waals surface area contributed by atoms with Crippen molar-refractivity contribution in [3.8, 4) is 0 Å². The van der Waals surface area contributed by atoms with E-state index in [1.54, 1.807) is 0 Å². The van der Waals surface area contributed by atoms with Crippen LogP contribution in [-0.2, 0) is 9.59 Å². The second-order valence-electron chi connectivity index (χ2n) is 3.45. The molecule has 0 radical (unpaired) electrons. The SMILES string of the molecule is CC(=O)NC1CCC(C=O)CC1. The summed E-state index contributed by atoms with van der Waals surface area (Å²) < 4.78 is 0. The van der Waals surface area contributed by atoms with Gasteiger partial charge in [0, 0.05) is 18.9 Å². The highest BCUT2D eigenvalue weighted by Crippen LogP contribution is 2.22. The summed E-state index contributed by atoms with van der Waals surface area (Å²) in [5.41, 5.74) is 0. The van der Waals surface area contributed by atoms with Gasteiger partial charge >= 0.3 is 0 Å². The highest BCUT2D eigenvalue weighted by molar-refractivity contribution is 5.73. The van der Waals surface area contributed by atoms with E-state index in [1.165, 1.54) is 6.92 Å². The summed E-state index contributed by atoms with van der Waals surface area (Å²) in [6.45, 7) is 1.53. The van der Waals surface area contributed by atoms with E-state index < -0.39 is 0 Å². The predicted octanol–water partition coefficient (Wildman–Crippen LogP) is 0.880. The van der Waals surface area contributed by atoms with E-state index >= 15 is 0 Å². The van der Waals surface area contributed by atoms with E-state index in [9.17, 15) is 9.59 Å². The number of hydrogen-bond donors (Lipinski definition) is 1. The lowest BCUT2D eigenvalue weighted by Gasteiger charge is -2.25. The molecular formula is C9H15NO2. The van der Waals surface area contributed by atoms with Crippen LogP contribution in [-0.4, -0.2) is 18.2 Å². The van der Waals surface area contributed by atoms with Crippen LogP contribution in [0.5, 0.6) is 0 Å². The van der Waals surface area contributed by atoms with Gasteiger partial charge in [-0.2, -0.15) is 0 Å². The Kier molecular flexibility index (Phi) is 3.26. The molecule has 0 aromatic heterocycles. The Bertz CT molecular complexity index is 171. The van der Waals surface area contributed by atoms with Gasteiger partial charge in [-0.3, -0.25) is 4.79 Å². The van der Waals surface area contributed by atoms with Crippen molar-refractivity contribution in [1.82, 2.24) is 5.32 Å². The first-order valence-corrected chi connectivity index (χ1v) is 4.44. The zero-order valence-electron chi connectivity index (χ0n) is 7.38. The van der Waals surface area contributed by atoms with Crippen LogP contribution < -0.4 is 5.32 Å². The molecule has 3 nitrogen and oxygen atoms in total. The number of carbonyl (C=O) groups is 2. The quantitative estimate of drug-likeness (QED) is 0.624. The van der Waals surface area contributed by atoms with Crippen LogP contribution in [0.1, 0.15) is 32.6 Å². The number of aldehydes is 1. The van der Waals surface area contributed by atoms with E-state index in [1.807, 2.05) is 0 Å². The maximum absolute atomic E-state index is 10.7. The Hall–Kier alpha value is -0.860.